The molecule has 0 atom stereocenters. The molecule has 1 heterocycles. The predicted octanol–water partition coefficient (Wildman–Crippen LogP) is 0.420. The molecular formula is C4H7N3O. The van der Waals surface area contributed by atoms with E-state index in [0.29, 0.717) is 11.8 Å². The first-order valence-electron chi connectivity index (χ1n) is 2.31. The lowest BCUT2D eigenvalue weighted by atomic mass is 10.7. The van der Waals surface area contributed by atoms with Crippen LogP contribution >= 0.6 is 0 Å². The van der Waals surface area contributed by atoms with Crippen LogP contribution in [-0.2, 0) is 0 Å². The molecule has 0 spiro atoms. The summed E-state index contributed by atoms with van der Waals surface area (Å²) in [5, 5.41) is 6.25. The summed E-state index contributed by atoms with van der Waals surface area (Å²) in [5.74, 6) is 0.648. The molecule has 1 aromatic rings. The van der Waals surface area contributed by atoms with Gasteiger partial charge in [0.1, 0.15) is 0 Å². The van der Waals surface area contributed by atoms with Gasteiger partial charge >= 0.3 is 6.01 Å². The number of hydrogen-bond donors (Lipinski definition) is 1. The van der Waals surface area contributed by atoms with E-state index in [0.717, 1.165) is 0 Å². The first kappa shape index (κ1) is 5.08. The largest absolute Gasteiger partial charge is 0.341 e. The Kier molecular flexibility index (Phi) is 1.15. The second kappa shape index (κ2) is 1.81. The highest BCUT2D eigenvalue weighted by Crippen LogP contribution is 1.98. The summed E-state index contributed by atoms with van der Waals surface area (Å²) >= 11 is 0. The highest BCUT2D eigenvalue weighted by atomic mass is 16.5. The van der Waals surface area contributed by atoms with E-state index in [1.165, 1.54) is 0 Å². The zero-order valence-electron chi connectivity index (χ0n) is 4.80. The summed E-state index contributed by atoms with van der Waals surface area (Å²) in [6.45, 7) is 1.77. The molecule has 1 N–H and O–H groups in total. The molecule has 0 aliphatic rings. The molecule has 0 aliphatic carbocycles. The first-order valence-corrected chi connectivity index (χ1v) is 2.31. The molecule has 8 heavy (non-hydrogen) atoms. The van der Waals surface area contributed by atoms with Crippen molar-refractivity contribution in [2.45, 2.75) is 6.92 Å². The lowest BCUT2D eigenvalue weighted by Gasteiger charge is -1.81. The Labute approximate surface area is 46.9 Å². The van der Waals surface area contributed by atoms with Crippen LogP contribution in [0.5, 0.6) is 0 Å². The van der Waals surface area contributed by atoms with Crippen LogP contribution in [0.15, 0.2) is 4.52 Å². The van der Waals surface area contributed by atoms with Crippen molar-refractivity contribution >= 4 is 6.01 Å². The van der Waals surface area contributed by atoms with Crippen molar-refractivity contribution in [1.29, 1.82) is 0 Å². The number of hydrogen-bond acceptors (Lipinski definition) is 4. The molecule has 44 valence electrons. The molecule has 1 aromatic heterocycles. The topological polar surface area (TPSA) is 51.0 Å². The van der Waals surface area contributed by atoms with Crippen LogP contribution < -0.4 is 5.32 Å². The van der Waals surface area contributed by atoms with E-state index in [1.54, 1.807) is 14.0 Å². The average Bonchev–Trinajstić information content (AvgIpc) is 2.14. The van der Waals surface area contributed by atoms with Gasteiger partial charge in [-0.2, -0.15) is 4.98 Å². The van der Waals surface area contributed by atoms with Crippen LogP contribution in [0.3, 0.4) is 0 Å². The van der Waals surface area contributed by atoms with Crippen molar-refractivity contribution in [2.24, 2.45) is 0 Å². The van der Waals surface area contributed by atoms with Gasteiger partial charge in [-0.3, -0.25) is 0 Å². The maximum absolute atomic E-state index is 4.64. The fraction of sp³-hybridized carbons (Fsp3) is 0.500. The summed E-state index contributed by atoms with van der Waals surface area (Å²) in [7, 11) is 1.73. The molecule has 0 radical (unpaired) electrons. The molecule has 0 saturated carbocycles. The number of rotatable bonds is 1. The van der Waals surface area contributed by atoms with E-state index < -0.39 is 0 Å². The number of anilines is 1. The van der Waals surface area contributed by atoms with Gasteiger partial charge in [-0.05, 0) is 6.92 Å². The molecule has 0 amide bonds. The second-order valence-corrected chi connectivity index (χ2v) is 1.40. The number of aromatic nitrogens is 2. The van der Waals surface area contributed by atoms with E-state index in [9.17, 15) is 0 Å². The smallest absolute Gasteiger partial charge is 0.321 e. The average molecular weight is 113 g/mol. The summed E-state index contributed by atoms with van der Waals surface area (Å²) in [5.41, 5.74) is 0. The minimum atomic E-state index is 0.461. The van der Waals surface area contributed by atoms with E-state index in [-0.39, 0.29) is 0 Å². The Bertz CT molecular complexity index is 172. The lowest BCUT2D eigenvalue weighted by molar-refractivity contribution is 0.427. The van der Waals surface area contributed by atoms with E-state index >= 15 is 0 Å². The van der Waals surface area contributed by atoms with Crippen LogP contribution in [-0.4, -0.2) is 17.2 Å². The standard InChI is InChI=1S/C4H7N3O/c1-3-6-4(5-2)8-7-3/h1-2H3,(H,5,6,7). The Morgan fingerprint density at radius 3 is 2.62 bits per heavy atom. The van der Waals surface area contributed by atoms with Crippen LogP contribution in [0.25, 0.3) is 0 Å². The second-order valence-electron chi connectivity index (χ2n) is 1.40. The fourth-order valence-corrected chi connectivity index (χ4v) is 0.399. The number of nitrogens with one attached hydrogen (secondary N) is 1. The van der Waals surface area contributed by atoms with Crippen molar-refractivity contribution in [3.05, 3.63) is 5.82 Å². The van der Waals surface area contributed by atoms with Gasteiger partial charge in [0, 0.05) is 7.05 Å². The van der Waals surface area contributed by atoms with Gasteiger partial charge in [-0.25, -0.2) is 0 Å². The van der Waals surface area contributed by atoms with Crippen LogP contribution in [0.1, 0.15) is 5.82 Å². The summed E-state index contributed by atoms with van der Waals surface area (Å²) in [6, 6.07) is 0.461. The van der Waals surface area contributed by atoms with Crippen LogP contribution in [0.4, 0.5) is 6.01 Å². The maximum Gasteiger partial charge on any atom is 0.321 e. The molecule has 0 fully saturated rings. The van der Waals surface area contributed by atoms with Gasteiger partial charge in [0.25, 0.3) is 0 Å². The molecule has 4 heteroatoms. The van der Waals surface area contributed by atoms with Gasteiger partial charge in [0.05, 0.1) is 0 Å². The van der Waals surface area contributed by atoms with Gasteiger partial charge in [0.15, 0.2) is 5.82 Å². The molecular weight excluding hydrogens is 106 g/mol. The summed E-state index contributed by atoms with van der Waals surface area (Å²) in [6.07, 6.45) is 0. The number of nitrogens with zero attached hydrogens (tertiary/aromatic N) is 2. The van der Waals surface area contributed by atoms with Gasteiger partial charge < -0.3 is 9.84 Å². The van der Waals surface area contributed by atoms with Crippen LogP contribution in [0.2, 0.25) is 0 Å². The molecule has 1 rings (SSSR count). The van der Waals surface area contributed by atoms with Gasteiger partial charge in [-0.15, -0.1) is 0 Å². The normalized spacial score (nSPS) is 9.25. The fourth-order valence-electron chi connectivity index (χ4n) is 0.399. The third kappa shape index (κ3) is 0.776. The highest BCUT2D eigenvalue weighted by molar-refractivity contribution is 5.15. The zero-order valence-corrected chi connectivity index (χ0v) is 4.80. The molecule has 4 nitrogen and oxygen atoms in total. The SMILES string of the molecule is CNc1nc(C)no1. The van der Waals surface area contributed by atoms with Gasteiger partial charge in [0.2, 0.25) is 0 Å². The third-order valence-electron chi connectivity index (χ3n) is 0.741. The number of aryl methyl sites for hydroxylation is 1. The molecule has 0 aliphatic heterocycles. The Balaban J connectivity index is 2.84. The monoisotopic (exact) mass is 113 g/mol. The van der Waals surface area contributed by atoms with Gasteiger partial charge in [-0.1, -0.05) is 5.16 Å². The van der Waals surface area contributed by atoms with E-state index in [1.807, 2.05) is 0 Å². The van der Waals surface area contributed by atoms with Crippen molar-refractivity contribution in [3.8, 4) is 0 Å². The zero-order chi connectivity index (χ0) is 5.98. The molecule has 0 aromatic carbocycles. The predicted molar refractivity (Wildman–Crippen MR) is 28.6 cm³/mol. The third-order valence-corrected chi connectivity index (χ3v) is 0.741. The Morgan fingerprint density at radius 1 is 1.62 bits per heavy atom. The van der Waals surface area contributed by atoms with E-state index in [2.05, 4.69) is 20.0 Å². The Morgan fingerprint density at radius 2 is 2.38 bits per heavy atom. The first-order chi connectivity index (χ1) is 3.83. The summed E-state index contributed by atoms with van der Waals surface area (Å²) in [4.78, 5) is 3.84. The lowest BCUT2D eigenvalue weighted by Crippen LogP contribution is -1.85. The van der Waals surface area contributed by atoms with Crippen molar-refractivity contribution in [2.75, 3.05) is 12.4 Å². The Hall–Kier alpha value is -1.06. The van der Waals surface area contributed by atoms with Crippen LogP contribution in [0, 0.1) is 6.92 Å². The summed E-state index contributed by atoms with van der Waals surface area (Å²) < 4.78 is 4.64. The van der Waals surface area contributed by atoms with E-state index in [4.69, 9.17) is 0 Å². The molecule has 0 saturated heterocycles. The maximum atomic E-state index is 4.64. The van der Waals surface area contributed by atoms with Crippen molar-refractivity contribution < 1.29 is 4.52 Å². The van der Waals surface area contributed by atoms with Crippen molar-refractivity contribution in [3.63, 3.8) is 0 Å². The molecule has 0 unspecified atom stereocenters. The van der Waals surface area contributed by atoms with Crippen molar-refractivity contribution in [1.82, 2.24) is 10.1 Å². The minimum absolute atomic E-state index is 0.461. The highest BCUT2D eigenvalue weighted by Gasteiger charge is 1.94. The minimum Gasteiger partial charge on any atom is -0.341 e. The molecule has 0 bridgehead atoms. The quantitative estimate of drug-likeness (QED) is 0.573.